The molecule has 6 rings (SSSR count). The number of aryl methyl sites for hydroxylation is 1. The molecule has 0 radical (unpaired) electrons. The number of benzene rings is 2. The van der Waals surface area contributed by atoms with Crippen molar-refractivity contribution in [1.29, 1.82) is 0 Å². The highest BCUT2D eigenvalue weighted by atomic mass is 16.5. The molecule has 1 atom stereocenters. The van der Waals surface area contributed by atoms with E-state index in [2.05, 4.69) is 19.1 Å². The van der Waals surface area contributed by atoms with Crippen molar-refractivity contribution < 1.29 is 4.74 Å². The molecule has 1 aliphatic rings. The molecule has 32 heavy (non-hydrogen) atoms. The molecule has 1 fully saturated rings. The van der Waals surface area contributed by atoms with Crippen LogP contribution in [0.4, 0.5) is 0 Å². The molecule has 0 spiro atoms. The van der Waals surface area contributed by atoms with E-state index in [0.717, 1.165) is 36.0 Å². The van der Waals surface area contributed by atoms with Gasteiger partial charge in [-0.3, -0.25) is 9.36 Å². The quantitative estimate of drug-likeness (QED) is 0.437. The van der Waals surface area contributed by atoms with E-state index in [0.29, 0.717) is 35.3 Å². The van der Waals surface area contributed by atoms with Crippen molar-refractivity contribution in [2.75, 3.05) is 6.61 Å². The van der Waals surface area contributed by atoms with Crippen LogP contribution in [0.25, 0.3) is 33.2 Å². The summed E-state index contributed by atoms with van der Waals surface area (Å²) in [5, 5.41) is 0.519. The number of para-hydroxylation sites is 2. The van der Waals surface area contributed by atoms with Crippen LogP contribution in [0.15, 0.2) is 59.7 Å². The second-order valence-corrected chi connectivity index (χ2v) is 8.49. The van der Waals surface area contributed by atoms with E-state index in [4.69, 9.17) is 19.7 Å². The average Bonchev–Trinajstić information content (AvgIpc) is 3.43. The third-order valence-electron chi connectivity index (χ3n) is 6.20. The summed E-state index contributed by atoms with van der Waals surface area (Å²) in [5.41, 5.74) is 5.62. The predicted octanol–water partition coefficient (Wildman–Crippen LogP) is 3.83. The van der Waals surface area contributed by atoms with Crippen LogP contribution in [0.2, 0.25) is 0 Å². The van der Waals surface area contributed by atoms with Crippen LogP contribution in [-0.2, 0) is 17.8 Å². The van der Waals surface area contributed by atoms with Crippen molar-refractivity contribution in [2.45, 2.75) is 39.0 Å². The molecule has 3 aromatic heterocycles. The number of nitrogens with zero attached hydrogens (tertiary/aromatic N) is 5. The molecule has 2 aromatic carbocycles. The van der Waals surface area contributed by atoms with Crippen LogP contribution in [0, 0.1) is 6.92 Å². The minimum absolute atomic E-state index is 0.0962. The van der Waals surface area contributed by atoms with Gasteiger partial charge in [-0.25, -0.2) is 15.0 Å². The number of fused-ring (bicyclic) bond motifs is 4. The minimum Gasteiger partial charge on any atom is -0.376 e. The van der Waals surface area contributed by atoms with E-state index in [1.54, 1.807) is 10.9 Å². The van der Waals surface area contributed by atoms with Gasteiger partial charge in [0.15, 0.2) is 11.3 Å². The fraction of sp³-hybridized carbons (Fsp3) is 0.280. The summed E-state index contributed by atoms with van der Waals surface area (Å²) < 4.78 is 9.54. The summed E-state index contributed by atoms with van der Waals surface area (Å²) in [4.78, 5) is 28.0. The lowest BCUT2D eigenvalue weighted by molar-refractivity contribution is 0.0987. The number of ether oxygens (including phenoxy) is 1. The molecule has 0 N–H and O–H groups in total. The average molecular weight is 425 g/mol. The maximum absolute atomic E-state index is 13.6. The van der Waals surface area contributed by atoms with Gasteiger partial charge < -0.3 is 9.30 Å². The lowest BCUT2D eigenvalue weighted by Gasteiger charge is -2.12. The van der Waals surface area contributed by atoms with Gasteiger partial charge in [0.05, 0.1) is 30.2 Å². The van der Waals surface area contributed by atoms with Gasteiger partial charge in [-0.05, 0) is 37.5 Å². The largest absolute Gasteiger partial charge is 0.376 e. The van der Waals surface area contributed by atoms with E-state index in [1.807, 2.05) is 41.0 Å². The van der Waals surface area contributed by atoms with Gasteiger partial charge in [0.2, 0.25) is 0 Å². The van der Waals surface area contributed by atoms with Gasteiger partial charge in [-0.15, -0.1) is 0 Å². The van der Waals surface area contributed by atoms with Crippen LogP contribution in [0.1, 0.15) is 24.0 Å². The molecule has 4 heterocycles. The molecule has 1 saturated heterocycles. The molecule has 0 amide bonds. The minimum atomic E-state index is -0.101. The number of aromatic nitrogens is 5. The van der Waals surface area contributed by atoms with Crippen LogP contribution >= 0.6 is 0 Å². The Bertz CT molecular complexity index is 1510. The van der Waals surface area contributed by atoms with Crippen LogP contribution in [-0.4, -0.2) is 36.8 Å². The normalized spacial score (nSPS) is 16.5. The van der Waals surface area contributed by atoms with Crippen molar-refractivity contribution in [3.05, 3.63) is 76.3 Å². The monoisotopic (exact) mass is 425 g/mol. The van der Waals surface area contributed by atoms with Crippen molar-refractivity contribution in [2.24, 2.45) is 0 Å². The Hall–Kier alpha value is -3.58. The first-order chi connectivity index (χ1) is 15.7. The van der Waals surface area contributed by atoms with Crippen LogP contribution in [0.3, 0.4) is 0 Å². The zero-order valence-corrected chi connectivity index (χ0v) is 17.9. The molecule has 5 aromatic rings. The lowest BCUT2D eigenvalue weighted by atomic mass is 10.1. The number of hydrogen-bond donors (Lipinski definition) is 0. The van der Waals surface area contributed by atoms with E-state index >= 15 is 0 Å². The summed E-state index contributed by atoms with van der Waals surface area (Å²) >= 11 is 0. The van der Waals surface area contributed by atoms with Crippen molar-refractivity contribution in [3.8, 4) is 0 Å². The Morgan fingerprint density at radius 3 is 2.56 bits per heavy atom. The Kier molecular flexibility index (Phi) is 4.50. The SMILES string of the molecule is Cc1ccc(Cn2cnc3c(c2=O)c2nc4ccccc4nc2n3CC2CCCO2)cc1. The smallest absolute Gasteiger partial charge is 0.265 e. The summed E-state index contributed by atoms with van der Waals surface area (Å²) in [6.07, 6.45) is 3.77. The van der Waals surface area contributed by atoms with Gasteiger partial charge in [-0.2, -0.15) is 0 Å². The molecule has 1 aliphatic heterocycles. The second kappa shape index (κ2) is 7.53. The molecule has 7 heteroatoms. The molecule has 0 aliphatic carbocycles. The van der Waals surface area contributed by atoms with E-state index < -0.39 is 0 Å². The van der Waals surface area contributed by atoms with Crippen molar-refractivity contribution in [3.63, 3.8) is 0 Å². The fourth-order valence-corrected chi connectivity index (χ4v) is 4.51. The van der Waals surface area contributed by atoms with Gasteiger partial charge in [0.25, 0.3) is 5.56 Å². The van der Waals surface area contributed by atoms with Crippen molar-refractivity contribution in [1.82, 2.24) is 24.1 Å². The highest BCUT2D eigenvalue weighted by molar-refractivity contribution is 6.04. The zero-order valence-electron chi connectivity index (χ0n) is 17.9. The molecular formula is C25H23N5O2. The first-order valence-electron chi connectivity index (χ1n) is 11.0. The Morgan fingerprint density at radius 2 is 1.81 bits per heavy atom. The first-order valence-corrected chi connectivity index (χ1v) is 11.0. The third kappa shape index (κ3) is 3.17. The van der Waals surface area contributed by atoms with Crippen LogP contribution in [0.5, 0.6) is 0 Å². The predicted molar refractivity (Wildman–Crippen MR) is 124 cm³/mol. The van der Waals surface area contributed by atoms with E-state index in [-0.39, 0.29) is 11.7 Å². The maximum Gasteiger partial charge on any atom is 0.265 e. The molecular weight excluding hydrogens is 402 g/mol. The molecule has 1 unspecified atom stereocenters. The summed E-state index contributed by atoms with van der Waals surface area (Å²) in [5.74, 6) is 0. The lowest BCUT2D eigenvalue weighted by Crippen LogP contribution is -2.22. The van der Waals surface area contributed by atoms with Gasteiger partial charge in [0.1, 0.15) is 17.2 Å². The van der Waals surface area contributed by atoms with E-state index in [1.165, 1.54) is 5.56 Å². The highest BCUT2D eigenvalue weighted by Gasteiger charge is 2.23. The van der Waals surface area contributed by atoms with Crippen LogP contribution < -0.4 is 5.56 Å². The van der Waals surface area contributed by atoms with Crippen molar-refractivity contribution >= 4 is 33.2 Å². The molecule has 7 nitrogen and oxygen atoms in total. The highest BCUT2D eigenvalue weighted by Crippen LogP contribution is 2.27. The Morgan fingerprint density at radius 1 is 1.03 bits per heavy atom. The second-order valence-electron chi connectivity index (χ2n) is 8.49. The first kappa shape index (κ1) is 19.1. The maximum atomic E-state index is 13.6. The third-order valence-corrected chi connectivity index (χ3v) is 6.20. The Balaban J connectivity index is 1.58. The van der Waals surface area contributed by atoms with Gasteiger partial charge in [0, 0.05) is 6.61 Å². The zero-order chi connectivity index (χ0) is 21.7. The Labute approximate surface area is 184 Å². The van der Waals surface area contributed by atoms with Gasteiger partial charge >= 0.3 is 0 Å². The number of rotatable bonds is 4. The summed E-state index contributed by atoms with van der Waals surface area (Å²) in [7, 11) is 0. The molecule has 160 valence electrons. The summed E-state index contributed by atoms with van der Waals surface area (Å²) in [6, 6.07) is 15.9. The number of hydrogen-bond acceptors (Lipinski definition) is 5. The van der Waals surface area contributed by atoms with Gasteiger partial charge in [-0.1, -0.05) is 42.0 Å². The van der Waals surface area contributed by atoms with E-state index in [9.17, 15) is 4.79 Å². The standard InChI is InChI=1S/C25H23N5O2/c1-16-8-10-17(11-9-16)13-29-15-26-23-21(25(29)31)22-24(30(23)14-18-5-4-12-32-18)28-20-7-3-2-6-19(20)27-22/h2-3,6-11,15,18H,4-5,12-14H2,1H3. The fourth-order valence-electron chi connectivity index (χ4n) is 4.51. The summed E-state index contributed by atoms with van der Waals surface area (Å²) in [6.45, 7) is 3.89. The molecule has 0 bridgehead atoms. The molecule has 0 saturated carbocycles. The topological polar surface area (TPSA) is 74.8 Å².